The highest BCUT2D eigenvalue weighted by molar-refractivity contribution is 5.10. The molecule has 0 radical (unpaired) electrons. The van der Waals surface area contributed by atoms with Crippen LogP contribution < -0.4 is 0 Å². The lowest BCUT2D eigenvalue weighted by Crippen LogP contribution is -2.59. The summed E-state index contributed by atoms with van der Waals surface area (Å²) in [4.78, 5) is 0. The lowest BCUT2D eigenvalue weighted by Gasteiger charge is -2.62. The van der Waals surface area contributed by atoms with Gasteiger partial charge in [-0.1, -0.05) is 13.8 Å². The minimum Gasteiger partial charge on any atom is -0.393 e. The van der Waals surface area contributed by atoms with Gasteiger partial charge in [0.2, 0.25) is 0 Å². The van der Waals surface area contributed by atoms with Gasteiger partial charge in [-0.2, -0.15) is 0 Å². The van der Waals surface area contributed by atoms with Crippen LogP contribution in [0.1, 0.15) is 71.6 Å². The average Bonchev–Trinajstić information content (AvgIpc) is 2.74. The second-order valence-electron chi connectivity index (χ2n) is 9.38. The van der Waals surface area contributed by atoms with E-state index in [9.17, 15) is 15.3 Å². The van der Waals surface area contributed by atoms with Crippen LogP contribution in [0.4, 0.5) is 0 Å². The maximum absolute atomic E-state index is 10.5. The SMILES string of the molecule is C[C@]12CCCC(O)(O)C1CC[C@@H]1C2CC[C@]2(C)C(O)CC[C@@H]12. The molecule has 4 fully saturated rings. The smallest absolute Gasteiger partial charge is 0.165 e. The Morgan fingerprint density at radius 3 is 2.27 bits per heavy atom. The standard InChI is InChI=1S/C19H32O3/c1-17-9-3-10-19(21,22)15(17)6-4-12-13-5-7-16(20)18(13,2)11-8-14(12)17/h12-16,20-22H,3-11H2,1-2H3/t12-,13-,14?,15?,16?,17+,18-/m0/s1. The van der Waals surface area contributed by atoms with Gasteiger partial charge in [0.15, 0.2) is 5.79 Å². The van der Waals surface area contributed by atoms with E-state index >= 15 is 0 Å². The summed E-state index contributed by atoms with van der Waals surface area (Å²) in [5.74, 6) is 0.548. The Labute approximate surface area is 134 Å². The molecule has 0 aromatic heterocycles. The summed E-state index contributed by atoms with van der Waals surface area (Å²) in [5.41, 5.74) is 0.202. The molecule has 0 spiro atoms. The van der Waals surface area contributed by atoms with Gasteiger partial charge in [-0.05, 0) is 80.0 Å². The van der Waals surface area contributed by atoms with Gasteiger partial charge in [0.1, 0.15) is 0 Å². The molecule has 22 heavy (non-hydrogen) atoms. The Balaban J connectivity index is 1.67. The minimum absolute atomic E-state index is 0.0469. The molecule has 3 heteroatoms. The molecule has 0 saturated heterocycles. The third-order valence-electron chi connectivity index (χ3n) is 8.64. The van der Waals surface area contributed by atoms with E-state index in [1.807, 2.05) is 0 Å². The van der Waals surface area contributed by atoms with Crippen molar-refractivity contribution < 1.29 is 15.3 Å². The van der Waals surface area contributed by atoms with E-state index in [-0.39, 0.29) is 22.9 Å². The summed E-state index contributed by atoms with van der Waals surface area (Å²) in [6.45, 7) is 4.64. The second kappa shape index (κ2) is 4.70. The van der Waals surface area contributed by atoms with Crippen LogP contribution in [-0.2, 0) is 0 Å². The van der Waals surface area contributed by atoms with Gasteiger partial charge in [0.05, 0.1) is 6.10 Å². The third-order valence-corrected chi connectivity index (χ3v) is 8.64. The Kier molecular flexibility index (Phi) is 3.30. The zero-order valence-electron chi connectivity index (χ0n) is 14.1. The molecule has 4 rings (SSSR count). The lowest BCUT2D eigenvalue weighted by atomic mass is 9.44. The van der Waals surface area contributed by atoms with Crippen LogP contribution in [0.2, 0.25) is 0 Å². The molecule has 7 atom stereocenters. The van der Waals surface area contributed by atoms with Gasteiger partial charge in [-0.3, -0.25) is 0 Å². The van der Waals surface area contributed by atoms with Crippen molar-refractivity contribution in [1.29, 1.82) is 0 Å². The summed E-state index contributed by atoms with van der Waals surface area (Å²) in [7, 11) is 0. The largest absolute Gasteiger partial charge is 0.393 e. The van der Waals surface area contributed by atoms with Crippen LogP contribution in [0.5, 0.6) is 0 Å². The molecule has 3 nitrogen and oxygen atoms in total. The van der Waals surface area contributed by atoms with Crippen LogP contribution in [0, 0.1) is 34.5 Å². The number of aliphatic hydroxyl groups is 3. The average molecular weight is 308 g/mol. The summed E-state index contributed by atoms with van der Waals surface area (Å²) in [5, 5.41) is 31.5. The number of aliphatic hydroxyl groups excluding tert-OH is 1. The van der Waals surface area contributed by atoms with Crippen molar-refractivity contribution in [3.8, 4) is 0 Å². The highest BCUT2D eigenvalue weighted by atomic mass is 16.5. The number of fused-ring (bicyclic) bond motifs is 5. The van der Waals surface area contributed by atoms with Crippen molar-refractivity contribution >= 4 is 0 Å². The number of hydrogen-bond donors (Lipinski definition) is 3. The van der Waals surface area contributed by atoms with Gasteiger partial charge in [-0.25, -0.2) is 0 Å². The van der Waals surface area contributed by atoms with E-state index in [4.69, 9.17) is 0 Å². The molecule has 3 N–H and O–H groups in total. The topological polar surface area (TPSA) is 60.7 Å². The van der Waals surface area contributed by atoms with E-state index in [1.165, 1.54) is 6.42 Å². The van der Waals surface area contributed by atoms with Crippen LogP contribution >= 0.6 is 0 Å². The Morgan fingerprint density at radius 1 is 0.773 bits per heavy atom. The van der Waals surface area contributed by atoms with Crippen molar-refractivity contribution in [1.82, 2.24) is 0 Å². The molecular formula is C19H32O3. The highest BCUT2D eigenvalue weighted by Crippen LogP contribution is 2.67. The quantitative estimate of drug-likeness (QED) is 0.603. The fourth-order valence-corrected chi connectivity index (χ4v) is 7.45. The Morgan fingerprint density at radius 2 is 1.50 bits per heavy atom. The Hall–Kier alpha value is -0.120. The molecule has 4 aliphatic rings. The van der Waals surface area contributed by atoms with Crippen molar-refractivity contribution in [2.45, 2.75) is 83.5 Å². The fraction of sp³-hybridized carbons (Fsp3) is 1.00. The first-order valence-corrected chi connectivity index (χ1v) is 9.42. The van der Waals surface area contributed by atoms with Gasteiger partial charge < -0.3 is 15.3 Å². The highest BCUT2D eigenvalue weighted by Gasteiger charge is 2.62. The van der Waals surface area contributed by atoms with Crippen LogP contribution in [0.25, 0.3) is 0 Å². The first-order valence-electron chi connectivity index (χ1n) is 9.42. The first kappa shape index (κ1) is 15.4. The van der Waals surface area contributed by atoms with E-state index in [0.29, 0.717) is 24.2 Å². The predicted molar refractivity (Wildman–Crippen MR) is 84.9 cm³/mol. The maximum Gasteiger partial charge on any atom is 0.165 e. The van der Waals surface area contributed by atoms with Crippen LogP contribution in [-0.4, -0.2) is 27.2 Å². The minimum atomic E-state index is -1.45. The van der Waals surface area contributed by atoms with Gasteiger partial charge in [0, 0.05) is 12.3 Å². The molecule has 0 heterocycles. The molecule has 0 amide bonds. The maximum atomic E-state index is 10.5. The Bertz CT molecular complexity index is 462. The zero-order chi connectivity index (χ0) is 15.8. The molecule has 3 unspecified atom stereocenters. The monoisotopic (exact) mass is 308 g/mol. The van der Waals surface area contributed by atoms with Crippen molar-refractivity contribution in [3.63, 3.8) is 0 Å². The molecule has 126 valence electrons. The van der Waals surface area contributed by atoms with E-state index in [1.54, 1.807) is 0 Å². The summed E-state index contributed by atoms with van der Waals surface area (Å²) in [6.07, 6.45) is 9.01. The molecule has 0 aromatic carbocycles. The van der Waals surface area contributed by atoms with Crippen LogP contribution in [0.3, 0.4) is 0 Å². The summed E-state index contributed by atoms with van der Waals surface area (Å²) < 4.78 is 0. The molecule has 0 aliphatic heterocycles. The van der Waals surface area contributed by atoms with Crippen molar-refractivity contribution in [3.05, 3.63) is 0 Å². The molecule has 4 aliphatic carbocycles. The van der Waals surface area contributed by atoms with Gasteiger partial charge in [0.25, 0.3) is 0 Å². The molecule has 4 saturated carbocycles. The molecule has 0 aromatic rings. The number of hydrogen-bond acceptors (Lipinski definition) is 3. The molecular weight excluding hydrogens is 276 g/mol. The van der Waals surface area contributed by atoms with Crippen molar-refractivity contribution in [2.24, 2.45) is 34.5 Å². The molecule has 0 bridgehead atoms. The second-order valence-corrected chi connectivity index (χ2v) is 9.38. The van der Waals surface area contributed by atoms with E-state index < -0.39 is 5.79 Å². The van der Waals surface area contributed by atoms with E-state index in [0.717, 1.165) is 44.9 Å². The summed E-state index contributed by atoms with van der Waals surface area (Å²) in [6, 6.07) is 0. The van der Waals surface area contributed by atoms with Gasteiger partial charge >= 0.3 is 0 Å². The normalized spacial score (nSPS) is 56.9. The summed E-state index contributed by atoms with van der Waals surface area (Å²) >= 11 is 0. The van der Waals surface area contributed by atoms with E-state index in [2.05, 4.69) is 13.8 Å². The third kappa shape index (κ3) is 1.85. The predicted octanol–water partition coefficient (Wildman–Crippen LogP) is 3.07. The zero-order valence-corrected chi connectivity index (χ0v) is 14.1. The first-order chi connectivity index (χ1) is 10.3. The lowest BCUT2D eigenvalue weighted by molar-refractivity contribution is -0.277. The van der Waals surface area contributed by atoms with Gasteiger partial charge in [-0.15, -0.1) is 0 Å². The number of rotatable bonds is 0. The fourth-order valence-electron chi connectivity index (χ4n) is 7.45. The van der Waals surface area contributed by atoms with Crippen LogP contribution in [0.15, 0.2) is 0 Å². The van der Waals surface area contributed by atoms with Crippen molar-refractivity contribution in [2.75, 3.05) is 0 Å².